The van der Waals surface area contributed by atoms with E-state index in [1.54, 1.807) is 0 Å². The van der Waals surface area contributed by atoms with Crippen LogP contribution in [0.25, 0.3) is 11.0 Å². The molecule has 1 aromatic carbocycles. The summed E-state index contributed by atoms with van der Waals surface area (Å²) < 4.78 is 0.0170. The van der Waals surface area contributed by atoms with E-state index in [4.69, 9.17) is 34.8 Å². The fraction of sp³-hybridized carbons (Fsp3) is 0.125. The summed E-state index contributed by atoms with van der Waals surface area (Å²) in [6, 6.07) is 7.47. The normalized spacial score (nSPS) is 12.2. The van der Waals surface area contributed by atoms with E-state index in [0.29, 0.717) is 0 Å². The summed E-state index contributed by atoms with van der Waals surface area (Å²) in [6.45, 7) is 0. The van der Waals surface area contributed by atoms with Gasteiger partial charge in [0.2, 0.25) is 0 Å². The van der Waals surface area contributed by atoms with Gasteiger partial charge in [0.15, 0.2) is 0 Å². The van der Waals surface area contributed by atoms with Gasteiger partial charge in [-0.1, -0.05) is 46.9 Å². The molecule has 13 heavy (non-hydrogen) atoms. The zero-order valence-corrected chi connectivity index (χ0v) is 8.68. The van der Waals surface area contributed by atoms with E-state index in [2.05, 4.69) is 4.98 Å². The van der Waals surface area contributed by atoms with Gasteiger partial charge in [-0.15, -0.1) is 0 Å². The summed E-state index contributed by atoms with van der Waals surface area (Å²) in [6.07, 6.45) is 1.51. The highest BCUT2D eigenvalue weighted by molar-refractivity contribution is 6.64. The summed E-state index contributed by atoms with van der Waals surface area (Å²) in [7, 11) is 0. The third-order valence-electron chi connectivity index (χ3n) is 1.73. The van der Waals surface area contributed by atoms with Crippen LogP contribution in [0.3, 0.4) is 0 Å². The predicted octanol–water partition coefficient (Wildman–Crippen LogP) is 3.32. The van der Waals surface area contributed by atoms with E-state index in [1.807, 2.05) is 24.3 Å². The molecule has 2 nitrogen and oxygen atoms in total. The molecule has 0 bridgehead atoms. The Labute approximate surface area is 90.0 Å². The Morgan fingerprint density at radius 2 is 1.85 bits per heavy atom. The average Bonchev–Trinajstić information content (AvgIpc) is 2.45. The van der Waals surface area contributed by atoms with Crippen LogP contribution in [0.5, 0.6) is 0 Å². The number of fused-ring (bicyclic) bond motifs is 1. The molecule has 1 heterocycles. The van der Waals surface area contributed by atoms with Gasteiger partial charge in [0, 0.05) is 0 Å². The van der Waals surface area contributed by atoms with Gasteiger partial charge in [-0.25, -0.2) is 4.98 Å². The van der Waals surface area contributed by atoms with Crippen molar-refractivity contribution in [2.24, 2.45) is 0 Å². The number of aromatic nitrogens is 2. The second-order valence-electron chi connectivity index (χ2n) is 2.57. The van der Waals surface area contributed by atoms with Crippen LogP contribution in [0.15, 0.2) is 30.6 Å². The molecule has 2 aromatic rings. The molecule has 68 valence electrons. The molecule has 0 saturated heterocycles. The lowest BCUT2D eigenvalue weighted by atomic mass is 10.3. The molecule has 0 N–H and O–H groups in total. The van der Waals surface area contributed by atoms with Crippen LogP contribution in [0.2, 0.25) is 0 Å². The second-order valence-corrected chi connectivity index (χ2v) is 4.79. The molecule has 0 spiro atoms. The Kier molecular flexibility index (Phi) is 2.14. The van der Waals surface area contributed by atoms with Crippen LogP contribution >= 0.6 is 34.8 Å². The zero-order chi connectivity index (χ0) is 9.47. The monoisotopic (exact) mass is 234 g/mol. The van der Waals surface area contributed by atoms with Gasteiger partial charge in [-0.2, -0.15) is 0 Å². The van der Waals surface area contributed by atoms with E-state index in [1.165, 1.54) is 10.9 Å². The van der Waals surface area contributed by atoms with Gasteiger partial charge in [-0.3, -0.25) is 4.57 Å². The highest BCUT2D eigenvalue weighted by atomic mass is 35.6. The second kappa shape index (κ2) is 3.05. The minimum atomic E-state index is -1.48. The van der Waals surface area contributed by atoms with Crippen molar-refractivity contribution < 1.29 is 0 Å². The minimum absolute atomic E-state index is 0.808. The van der Waals surface area contributed by atoms with Crippen molar-refractivity contribution in [2.75, 3.05) is 0 Å². The minimum Gasteiger partial charge on any atom is -0.285 e. The van der Waals surface area contributed by atoms with Crippen molar-refractivity contribution >= 4 is 45.8 Å². The Hall–Kier alpha value is -0.440. The Morgan fingerprint density at radius 1 is 1.15 bits per heavy atom. The van der Waals surface area contributed by atoms with E-state index < -0.39 is 3.92 Å². The smallest absolute Gasteiger partial charge is 0.273 e. The number of para-hydroxylation sites is 2. The summed E-state index contributed by atoms with van der Waals surface area (Å²) in [5.41, 5.74) is 1.62. The SMILES string of the molecule is ClC(Cl)(Cl)n1cnc2ccccc21. The number of halogens is 3. The lowest BCUT2D eigenvalue weighted by molar-refractivity contribution is 0.815. The van der Waals surface area contributed by atoms with E-state index >= 15 is 0 Å². The molecule has 0 amide bonds. The standard InChI is InChI=1S/C8H5Cl3N2/c9-8(10,11)13-5-12-6-3-1-2-4-7(6)13/h1-5H. The van der Waals surface area contributed by atoms with Crippen LogP contribution < -0.4 is 0 Å². The number of benzene rings is 1. The predicted molar refractivity (Wildman–Crippen MR) is 55.3 cm³/mol. The van der Waals surface area contributed by atoms with Crippen LogP contribution in [0.1, 0.15) is 0 Å². The van der Waals surface area contributed by atoms with Crippen molar-refractivity contribution in [3.8, 4) is 0 Å². The molecule has 0 saturated carbocycles. The molecule has 0 atom stereocenters. The maximum absolute atomic E-state index is 5.73. The lowest BCUT2D eigenvalue weighted by Gasteiger charge is -2.12. The first kappa shape index (κ1) is 9.13. The first-order valence-electron chi connectivity index (χ1n) is 3.58. The van der Waals surface area contributed by atoms with Crippen LogP contribution in [-0.4, -0.2) is 9.55 Å². The van der Waals surface area contributed by atoms with Gasteiger partial charge in [0.1, 0.15) is 0 Å². The number of hydrogen-bond donors (Lipinski definition) is 0. The Morgan fingerprint density at radius 3 is 2.54 bits per heavy atom. The molecule has 0 unspecified atom stereocenters. The van der Waals surface area contributed by atoms with Crippen LogP contribution in [-0.2, 0) is 3.92 Å². The molecule has 0 aliphatic carbocycles. The number of hydrogen-bond acceptors (Lipinski definition) is 1. The van der Waals surface area contributed by atoms with E-state index in [9.17, 15) is 0 Å². The van der Waals surface area contributed by atoms with Crippen molar-refractivity contribution in [2.45, 2.75) is 3.92 Å². The third kappa shape index (κ3) is 1.62. The van der Waals surface area contributed by atoms with E-state index in [0.717, 1.165) is 11.0 Å². The zero-order valence-electron chi connectivity index (χ0n) is 6.42. The maximum atomic E-state index is 5.73. The molecular weight excluding hydrogens is 230 g/mol. The van der Waals surface area contributed by atoms with Crippen molar-refractivity contribution in [3.05, 3.63) is 30.6 Å². The number of imidazole rings is 1. The highest BCUT2D eigenvalue weighted by Crippen LogP contribution is 2.34. The lowest BCUT2D eigenvalue weighted by Crippen LogP contribution is -2.10. The molecular formula is C8H5Cl3N2. The highest BCUT2D eigenvalue weighted by Gasteiger charge is 2.23. The van der Waals surface area contributed by atoms with Crippen molar-refractivity contribution in [3.63, 3.8) is 0 Å². The summed E-state index contributed by atoms with van der Waals surface area (Å²) in [5.74, 6) is 0. The molecule has 0 aliphatic rings. The third-order valence-corrected chi connectivity index (χ3v) is 2.27. The summed E-state index contributed by atoms with van der Waals surface area (Å²) in [5, 5.41) is 0. The fourth-order valence-electron chi connectivity index (χ4n) is 1.16. The average molecular weight is 236 g/mol. The summed E-state index contributed by atoms with van der Waals surface area (Å²) in [4.78, 5) is 4.09. The topological polar surface area (TPSA) is 17.8 Å². The summed E-state index contributed by atoms with van der Waals surface area (Å²) >= 11 is 17.2. The van der Waals surface area contributed by atoms with E-state index in [-0.39, 0.29) is 0 Å². The molecule has 5 heteroatoms. The van der Waals surface area contributed by atoms with Gasteiger partial charge in [-0.05, 0) is 12.1 Å². The molecule has 0 fully saturated rings. The van der Waals surface area contributed by atoms with Crippen LogP contribution in [0, 0.1) is 0 Å². The first-order chi connectivity index (χ1) is 6.09. The van der Waals surface area contributed by atoms with Gasteiger partial charge < -0.3 is 0 Å². The number of nitrogens with zero attached hydrogens (tertiary/aromatic N) is 2. The van der Waals surface area contributed by atoms with Crippen LogP contribution in [0.4, 0.5) is 0 Å². The van der Waals surface area contributed by atoms with Crippen molar-refractivity contribution in [1.82, 2.24) is 9.55 Å². The molecule has 0 aliphatic heterocycles. The fourth-order valence-corrected chi connectivity index (χ4v) is 1.57. The largest absolute Gasteiger partial charge is 0.285 e. The Balaban J connectivity index is 2.72. The first-order valence-corrected chi connectivity index (χ1v) is 4.72. The van der Waals surface area contributed by atoms with Gasteiger partial charge >= 0.3 is 0 Å². The molecule has 0 radical (unpaired) electrons. The number of alkyl halides is 3. The maximum Gasteiger partial charge on any atom is 0.273 e. The van der Waals surface area contributed by atoms with Crippen molar-refractivity contribution in [1.29, 1.82) is 0 Å². The van der Waals surface area contributed by atoms with Gasteiger partial charge in [0.05, 0.1) is 17.4 Å². The Bertz CT molecular complexity index is 430. The van der Waals surface area contributed by atoms with Gasteiger partial charge in [0.25, 0.3) is 3.92 Å². The molecule has 1 aromatic heterocycles. The number of rotatable bonds is 0. The molecule has 2 rings (SSSR count). The quantitative estimate of drug-likeness (QED) is 0.641.